The molecule has 0 bridgehead atoms. The summed E-state index contributed by atoms with van der Waals surface area (Å²) in [4.78, 5) is 4.46. The summed E-state index contributed by atoms with van der Waals surface area (Å²) in [5, 5.41) is 3.42. The van der Waals surface area contributed by atoms with Crippen molar-refractivity contribution < 1.29 is 4.74 Å². The largest absolute Gasteiger partial charge is 0.495 e. The van der Waals surface area contributed by atoms with Gasteiger partial charge in [0, 0.05) is 18.7 Å². The van der Waals surface area contributed by atoms with Crippen LogP contribution in [0.15, 0.2) is 18.3 Å². The lowest BCUT2D eigenvalue weighted by molar-refractivity contribution is 0.327. The smallest absolute Gasteiger partial charge is 0.140 e. The van der Waals surface area contributed by atoms with Gasteiger partial charge in [0.2, 0.25) is 0 Å². The molecule has 3 nitrogen and oxygen atoms in total. The Balaban J connectivity index is 2.26. The normalized spacial score (nSPS) is 26.3. The summed E-state index contributed by atoms with van der Waals surface area (Å²) >= 11 is 0. The van der Waals surface area contributed by atoms with Crippen molar-refractivity contribution in [3.63, 3.8) is 0 Å². The van der Waals surface area contributed by atoms with Gasteiger partial charge in [-0.05, 0) is 31.0 Å². The summed E-state index contributed by atoms with van der Waals surface area (Å²) in [7, 11) is 1.71. The summed E-state index contributed by atoms with van der Waals surface area (Å²) < 4.78 is 5.36. The van der Waals surface area contributed by atoms with Gasteiger partial charge in [-0.2, -0.15) is 0 Å². The van der Waals surface area contributed by atoms with Crippen molar-refractivity contribution in [3.05, 3.63) is 24.0 Å². The molecule has 2 rings (SSSR count). The molecule has 1 aliphatic rings. The summed E-state index contributed by atoms with van der Waals surface area (Å²) in [6.45, 7) is 4.42. The molecule has 0 saturated carbocycles. The van der Waals surface area contributed by atoms with Crippen molar-refractivity contribution in [2.45, 2.75) is 19.3 Å². The highest BCUT2D eigenvalue weighted by Crippen LogP contribution is 2.32. The van der Waals surface area contributed by atoms with Crippen LogP contribution >= 0.6 is 0 Å². The average molecular weight is 206 g/mol. The number of pyridine rings is 1. The van der Waals surface area contributed by atoms with Gasteiger partial charge in [0.15, 0.2) is 0 Å². The minimum atomic E-state index is 0.481. The van der Waals surface area contributed by atoms with Crippen LogP contribution in [0.4, 0.5) is 0 Å². The van der Waals surface area contributed by atoms with Gasteiger partial charge in [-0.3, -0.25) is 4.98 Å². The molecule has 1 fully saturated rings. The number of rotatable bonds is 2. The van der Waals surface area contributed by atoms with E-state index in [0.29, 0.717) is 11.8 Å². The zero-order valence-electron chi connectivity index (χ0n) is 9.36. The number of piperidine rings is 1. The fourth-order valence-corrected chi connectivity index (χ4v) is 2.21. The second-order valence-corrected chi connectivity index (χ2v) is 4.17. The van der Waals surface area contributed by atoms with E-state index >= 15 is 0 Å². The maximum absolute atomic E-state index is 5.36. The monoisotopic (exact) mass is 206 g/mol. The summed E-state index contributed by atoms with van der Waals surface area (Å²) in [5.41, 5.74) is 1.10. The molecular formula is C12H18N2O. The number of hydrogen-bond donors (Lipinski definition) is 1. The van der Waals surface area contributed by atoms with Gasteiger partial charge in [-0.1, -0.05) is 6.92 Å². The summed E-state index contributed by atoms with van der Waals surface area (Å²) in [6, 6.07) is 3.91. The van der Waals surface area contributed by atoms with Crippen LogP contribution in [0.3, 0.4) is 0 Å². The van der Waals surface area contributed by atoms with Crippen molar-refractivity contribution in [2.75, 3.05) is 20.2 Å². The number of aromatic nitrogens is 1. The molecule has 1 aromatic heterocycles. The fraction of sp³-hybridized carbons (Fsp3) is 0.583. The molecule has 2 heterocycles. The van der Waals surface area contributed by atoms with E-state index in [1.165, 1.54) is 6.42 Å². The zero-order valence-corrected chi connectivity index (χ0v) is 9.36. The summed E-state index contributed by atoms with van der Waals surface area (Å²) in [5.74, 6) is 2.07. The molecule has 0 spiro atoms. The Morgan fingerprint density at radius 3 is 3.13 bits per heavy atom. The third-order valence-electron chi connectivity index (χ3n) is 3.20. The van der Waals surface area contributed by atoms with E-state index in [0.717, 1.165) is 24.5 Å². The Hall–Kier alpha value is -1.09. The Labute approximate surface area is 90.9 Å². The predicted molar refractivity (Wildman–Crippen MR) is 60.2 cm³/mol. The lowest BCUT2D eigenvalue weighted by Gasteiger charge is -2.29. The van der Waals surface area contributed by atoms with Gasteiger partial charge >= 0.3 is 0 Å². The van der Waals surface area contributed by atoms with Gasteiger partial charge < -0.3 is 10.1 Å². The van der Waals surface area contributed by atoms with Crippen LogP contribution in [0.25, 0.3) is 0 Å². The lowest BCUT2D eigenvalue weighted by Crippen LogP contribution is -2.34. The number of methoxy groups -OCH3 is 1. The average Bonchev–Trinajstić information content (AvgIpc) is 2.30. The van der Waals surface area contributed by atoms with Crippen molar-refractivity contribution in [3.8, 4) is 5.75 Å². The van der Waals surface area contributed by atoms with Crippen LogP contribution in [0.5, 0.6) is 5.75 Å². The van der Waals surface area contributed by atoms with Crippen LogP contribution in [-0.2, 0) is 0 Å². The minimum absolute atomic E-state index is 0.481. The van der Waals surface area contributed by atoms with Crippen LogP contribution in [0.1, 0.15) is 25.0 Å². The Morgan fingerprint density at radius 2 is 2.40 bits per heavy atom. The topological polar surface area (TPSA) is 34.1 Å². The number of nitrogens with one attached hydrogen (secondary N) is 1. The maximum Gasteiger partial charge on any atom is 0.140 e. The molecule has 0 aliphatic carbocycles. The number of nitrogens with zero attached hydrogens (tertiary/aromatic N) is 1. The molecule has 1 N–H and O–H groups in total. The maximum atomic E-state index is 5.36. The van der Waals surface area contributed by atoms with E-state index in [4.69, 9.17) is 4.74 Å². The Bertz CT molecular complexity index is 327. The van der Waals surface area contributed by atoms with Crippen molar-refractivity contribution in [1.82, 2.24) is 10.3 Å². The first-order chi connectivity index (χ1) is 7.33. The van der Waals surface area contributed by atoms with Gasteiger partial charge in [-0.15, -0.1) is 0 Å². The van der Waals surface area contributed by atoms with Crippen molar-refractivity contribution >= 4 is 0 Å². The highest BCUT2D eigenvalue weighted by molar-refractivity contribution is 5.30. The molecule has 3 heteroatoms. The van der Waals surface area contributed by atoms with Gasteiger partial charge in [0.05, 0.1) is 12.8 Å². The molecule has 2 atom stereocenters. The van der Waals surface area contributed by atoms with Crippen LogP contribution in [0, 0.1) is 5.92 Å². The molecule has 2 unspecified atom stereocenters. The van der Waals surface area contributed by atoms with Crippen LogP contribution in [0.2, 0.25) is 0 Å². The third kappa shape index (κ3) is 2.12. The van der Waals surface area contributed by atoms with E-state index in [-0.39, 0.29) is 0 Å². The van der Waals surface area contributed by atoms with Gasteiger partial charge in [0.1, 0.15) is 5.75 Å². The second-order valence-electron chi connectivity index (χ2n) is 4.17. The van der Waals surface area contributed by atoms with E-state index in [1.54, 1.807) is 7.11 Å². The molecule has 0 aromatic carbocycles. The van der Waals surface area contributed by atoms with Crippen LogP contribution < -0.4 is 10.1 Å². The van der Waals surface area contributed by atoms with Gasteiger partial charge in [0.25, 0.3) is 0 Å². The van der Waals surface area contributed by atoms with Gasteiger partial charge in [-0.25, -0.2) is 0 Å². The molecule has 1 aliphatic heterocycles. The highest BCUT2D eigenvalue weighted by Gasteiger charge is 2.26. The molecule has 0 amide bonds. The number of hydrogen-bond acceptors (Lipinski definition) is 3. The Kier molecular flexibility index (Phi) is 3.21. The van der Waals surface area contributed by atoms with Crippen molar-refractivity contribution in [1.29, 1.82) is 0 Å². The standard InChI is InChI=1S/C12H18N2O/c1-9-5-7-13-8-10(9)12-11(15-2)4-3-6-14-12/h3-4,6,9-10,13H,5,7-8H2,1-2H3. The first-order valence-corrected chi connectivity index (χ1v) is 5.52. The molecular weight excluding hydrogens is 188 g/mol. The fourth-order valence-electron chi connectivity index (χ4n) is 2.21. The van der Waals surface area contributed by atoms with Crippen LogP contribution in [-0.4, -0.2) is 25.2 Å². The Morgan fingerprint density at radius 1 is 1.53 bits per heavy atom. The van der Waals surface area contributed by atoms with E-state index in [9.17, 15) is 0 Å². The quantitative estimate of drug-likeness (QED) is 0.801. The van der Waals surface area contributed by atoms with E-state index < -0.39 is 0 Å². The predicted octanol–water partition coefficient (Wildman–Crippen LogP) is 1.80. The van der Waals surface area contributed by atoms with Crippen molar-refractivity contribution in [2.24, 2.45) is 5.92 Å². The second kappa shape index (κ2) is 4.62. The first-order valence-electron chi connectivity index (χ1n) is 5.52. The zero-order chi connectivity index (χ0) is 10.7. The van der Waals surface area contributed by atoms with E-state index in [2.05, 4.69) is 17.2 Å². The molecule has 1 saturated heterocycles. The minimum Gasteiger partial charge on any atom is -0.495 e. The number of ether oxygens (including phenoxy) is 1. The molecule has 82 valence electrons. The molecule has 1 aromatic rings. The molecule has 0 radical (unpaired) electrons. The third-order valence-corrected chi connectivity index (χ3v) is 3.20. The molecule has 15 heavy (non-hydrogen) atoms. The SMILES string of the molecule is COc1cccnc1C1CNCCC1C. The summed E-state index contributed by atoms with van der Waals surface area (Å²) in [6.07, 6.45) is 3.06. The lowest BCUT2D eigenvalue weighted by atomic mass is 9.85. The first kappa shape index (κ1) is 10.4. The highest BCUT2D eigenvalue weighted by atomic mass is 16.5. The van der Waals surface area contributed by atoms with E-state index in [1.807, 2.05) is 18.3 Å².